The van der Waals surface area contributed by atoms with Crippen LogP contribution >= 0.6 is 11.8 Å². The van der Waals surface area contributed by atoms with Crippen molar-refractivity contribution in [2.45, 2.75) is 64.1 Å². The smallest absolute Gasteiger partial charge is 0.328 e. The Bertz CT molecular complexity index is 399. The van der Waals surface area contributed by atoms with Crippen LogP contribution in [0.15, 0.2) is 12.2 Å². The van der Waals surface area contributed by atoms with Crippen molar-refractivity contribution >= 4 is 17.7 Å². The topological polar surface area (TPSA) is 55.8 Å². The highest BCUT2D eigenvalue weighted by molar-refractivity contribution is 7.99. The average Bonchev–Trinajstić information content (AvgIpc) is 3.15. The number of carboxylic acid groups (broad SMARTS) is 1. The van der Waals surface area contributed by atoms with Gasteiger partial charge in [-0.2, -0.15) is 11.8 Å². The molecule has 0 saturated carbocycles. The van der Waals surface area contributed by atoms with Crippen molar-refractivity contribution < 1.29 is 19.4 Å². The molecule has 138 valence electrons. The van der Waals surface area contributed by atoms with E-state index < -0.39 is 5.97 Å². The van der Waals surface area contributed by atoms with Crippen molar-refractivity contribution in [2.24, 2.45) is 11.8 Å². The molecule has 0 aromatic carbocycles. The third-order valence-corrected chi connectivity index (χ3v) is 6.31. The first-order valence-electron chi connectivity index (χ1n) is 9.42. The molecule has 0 aromatic rings. The van der Waals surface area contributed by atoms with Gasteiger partial charge in [-0.3, -0.25) is 0 Å². The van der Waals surface area contributed by atoms with Crippen LogP contribution < -0.4 is 0 Å². The first-order valence-corrected chi connectivity index (χ1v) is 10.6. The third kappa shape index (κ3) is 6.41. The standard InChI is InChI=1S/C19H32O4S/c1-2-3-4-5-13-24-14-16-15(17-8-9-18(16)23-17)10-12-22-11-6-7-19(20)21/h6-7,15-18H,2-5,8-14H2,1H3,(H,20,21)/t15-,16+,17-,18+/m0/s1. The monoisotopic (exact) mass is 356 g/mol. The summed E-state index contributed by atoms with van der Waals surface area (Å²) in [6, 6.07) is 0. The van der Waals surface area contributed by atoms with Gasteiger partial charge in [0.05, 0.1) is 18.8 Å². The summed E-state index contributed by atoms with van der Waals surface area (Å²) >= 11 is 2.10. The van der Waals surface area contributed by atoms with Gasteiger partial charge in [0, 0.05) is 12.7 Å². The van der Waals surface area contributed by atoms with Crippen molar-refractivity contribution in [1.82, 2.24) is 0 Å². The number of thioether (sulfide) groups is 1. The summed E-state index contributed by atoms with van der Waals surface area (Å²) in [5.41, 5.74) is 0. The van der Waals surface area contributed by atoms with E-state index >= 15 is 0 Å². The van der Waals surface area contributed by atoms with Crippen LogP contribution in [-0.4, -0.2) is 48.0 Å². The molecular formula is C19H32O4S. The number of hydrogen-bond donors (Lipinski definition) is 1. The number of hydrogen-bond acceptors (Lipinski definition) is 4. The predicted octanol–water partition coefficient (Wildman–Crippen LogP) is 4.14. The summed E-state index contributed by atoms with van der Waals surface area (Å²) in [6.07, 6.45) is 12.4. The SMILES string of the molecule is CCCCCCSC[C@@H]1[C@H](CCOCC=CC(=O)O)[C@@H]2CC[C@H]1O2. The van der Waals surface area contributed by atoms with E-state index in [4.69, 9.17) is 14.6 Å². The van der Waals surface area contributed by atoms with Crippen LogP contribution in [-0.2, 0) is 14.3 Å². The molecule has 0 radical (unpaired) electrons. The Hall–Kier alpha value is -0.520. The maximum absolute atomic E-state index is 10.4. The minimum absolute atomic E-state index is 0.380. The van der Waals surface area contributed by atoms with Gasteiger partial charge in [0.25, 0.3) is 0 Å². The molecule has 0 aromatic heterocycles. The van der Waals surface area contributed by atoms with Crippen LogP contribution in [0, 0.1) is 11.8 Å². The second-order valence-corrected chi connectivity index (χ2v) is 8.01. The molecule has 2 saturated heterocycles. The molecule has 2 fully saturated rings. The number of fused-ring (bicyclic) bond motifs is 2. The summed E-state index contributed by atoms with van der Waals surface area (Å²) in [5, 5.41) is 8.54. The van der Waals surface area contributed by atoms with Gasteiger partial charge >= 0.3 is 5.97 Å². The van der Waals surface area contributed by atoms with Gasteiger partial charge in [0.15, 0.2) is 0 Å². The van der Waals surface area contributed by atoms with E-state index in [0.717, 1.165) is 12.5 Å². The predicted molar refractivity (Wildman–Crippen MR) is 98.6 cm³/mol. The van der Waals surface area contributed by atoms with Crippen LogP contribution in [0.3, 0.4) is 0 Å². The van der Waals surface area contributed by atoms with Crippen molar-refractivity contribution in [3.8, 4) is 0 Å². The van der Waals surface area contributed by atoms with Crippen molar-refractivity contribution in [3.63, 3.8) is 0 Å². The molecular weight excluding hydrogens is 324 g/mol. The van der Waals surface area contributed by atoms with Crippen molar-refractivity contribution in [3.05, 3.63) is 12.2 Å². The Kier molecular flexibility index (Phi) is 9.21. The fraction of sp³-hybridized carbons (Fsp3) is 0.842. The third-order valence-electron chi connectivity index (χ3n) is 5.11. The van der Waals surface area contributed by atoms with E-state index in [-0.39, 0.29) is 0 Å². The number of carbonyl (C=O) groups is 1. The fourth-order valence-electron chi connectivity index (χ4n) is 3.87. The molecule has 2 heterocycles. The Labute approximate surface area is 150 Å². The van der Waals surface area contributed by atoms with E-state index in [0.29, 0.717) is 37.3 Å². The highest BCUT2D eigenvalue weighted by Crippen LogP contribution is 2.46. The highest BCUT2D eigenvalue weighted by atomic mass is 32.2. The van der Waals surface area contributed by atoms with E-state index in [1.54, 1.807) is 6.08 Å². The molecule has 0 aliphatic carbocycles. The molecule has 2 bridgehead atoms. The summed E-state index contributed by atoms with van der Waals surface area (Å²) < 4.78 is 11.7. The summed E-state index contributed by atoms with van der Waals surface area (Å²) in [5.74, 6) is 2.87. The molecule has 0 spiro atoms. The Morgan fingerprint density at radius 2 is 2.04 bits per heavy atom. The molecule has 4 nitrogen and oxygen atoms in total. The maximum Gasteiger partial charge on any atom is 0.328 e. The first-order chi connectivity index (χ1) is 11.7. The lowest BCUT2D eigenvalue weighted by Gasteiger charge is -2.27. The zero-order chi connectivity index (χ0) is 17.2. The molecule has 4 atom stereocenters. The Balaban J connectivity index is 1.63. The summed E-state index contributed by atoms with van der Waals surface area (Å²) in [7, 11) is 0. The number of aliphatic carboxylic acids is 1. The van der Waals surface area contributed by atoms with Gasteiger partial charge in [-0.05, 0) is 49.0 Å². The lowest BCUT2D eigenvalue weighted by molar-refractivity contribution is -0.131. The molecule has 1 N–H and O–H groups in total. The second-order valence-electron chi connectivity index (χ2n) is 6.86. The summed E-state index contributed by atoms with van der Waals surface area (Å²) in [6.45, 7) is 3.33. The second kappa shape index (κ2) is 11.2. The number of carboxylic acids is 1. The number of unbranched alkanes of at least 4 members (excludes halogenated alkanes) is 3. The summed E-state index contributed by atoms with van der Waals surface area (Å²) in [4.78, 5) is 10.4. The maximum atomic E-state index is 10.4. The van der Waals surface area contributed by atoms with Crippen LogP contribution in [0.1, 0.15) is 51.9 Å². The molecule has 2 aliphatic heterocycles. The van der Waals surface area contributed by atoms with E-state index in [9.17, 15) is 4.79 Å². The minimum Gasteiger partial charge on any atom is -0.478 e. The first kappa shape index (κ1) is 19.8. The van der Waals surface area contributed by atoms with Gasteiger partial charge in [0.2, 0.25) is 0 Å². The van der Waals surface area contributed by atoms with Gasteiger partial charge in [0.1, 0.15) is 0 Å². The lowest BCUT2D eigenvalue weighted by atomic mass is 9.79. The van der Waals surface area contributed by atoms with Crippen LogP contribution in [0.25, 0.3) is 0 Å². The molecule has 5 heteroatoms. The number of rotatable bonds is 13. The normalized spacial score (nSPS) is 28.9. The van der Waals surface area contributed by atoms with Crippen LogP contribution in [0.4, 0.5) is 0 Å². The van der Waals surface area contributed by atoms with Crippen LogP contribution in [0.5, 0.6) is 0 Å². The largest absolute Gasteiger partial charge is 0.478 e. The molecule has 2 rings (SSSR count). The van der Waals surface area contributed by atoms with Gasteiger partial charge in [-0.1, -0.05) is 32.3 Å². The fourth-order valence-corrected chi connectivity index (χ4v) is 5.18. The molecule has 2 aliphatic rings. The van der Waals surface area contributed by atoms with Crippen molar-refractivity contribution in [1.29, 1.82) is 0 Å². The van der Waals surface area contributed by atoms with Gasteiger partial charge < -0.3 is 14.6 Å². The van der Waals surface area contributed by atoms with Gasteiger partial charge in [-0.15, -0.1) is 0 Å². The van der Waals surface area contributed by atoms with E-state index in [1.807, 2.05) is 0 Å². The Morgan fingerprint density at radius 1 is 1.25 bits per heavy atom. The molecule has 0 amide bonds. The highest BCUT2D eigenvalue weighted by Gasteiger charge is 2.47. The van der Waals surface area contributed by atoms with E-state index in [1.165, 1.54) is 50.0 Å². The zero-order valence-corrected chi connectivity index (χ0v) is 15.6. The zero-order valence-electron chi connectivity index (χ0n) is 14.8. The minimum atomic E-state index is -0.920. The molecule has 24 heavy (non-hydrogen) atoms. The quantitative estimate of drug-likeness (QED) is 0.397. The average molecular weight is 357 g/mol. The van der Waals surface area contributed by atoms with Crippen LogP contribution in [0.2, 0.25) is 0 Å². The number of ether oxygens (including phenoxy) is 2. The van der Waals surface area contributed by atoms with Crippen molar-refractivity contribution in [2.75, 3.05) is 24.7 Å². The van der Waals surface area contributed by atoms with E-state index in [2.05, 4.69) is 18.7 Å². The lowest BCUT2D eigenvalue weighted by Crippen LogP contribution is -2.30. The molecule has 0 unspecified atom stereocenters. The Morgan fingerprint density at radius 3 is 2.79 bits per heavy atom. The van der Waals surface area contributed by atoms with Gasteiger partial charge in [-0.25, -0.2) is 4.79 Å².